The second-order valence-electron chi connectivity index (χ2n) is 5.47. The Morgan fingerprint density at radius 2 is 2.12 bits per heavy atom. The van der Waals surface area contributed by atoms with E-state index in [0.717, 1.165) is 35.9 Å². The quantitative estimate of drug-likeness (QED) is 0.882. The van der Waals surface area contributed by atoms with Crippen LogP contribution < -0.4 is 5.32 Å². The Morgan fingerprint density at radius 3 is 2.82 bits per heavy atom. The topological polar surface area (TPSA) is 15.3 Å². The Labute approximate surface area is 108 Å². The van der Waals surface area contributed by atoms with Gasteiger partial charge < -0.3 is 10.2 Å². The number of rotatable bonds is 4. The summed E-state index contributed by atoms with van der Waals surface area (Å²) in [4.78, 5) is 2.45. The Kier molecular flexibility index (Phi) is 3.12. The minimum atomic E-state index is 0.828. The van der Waals surface area contributed by atoms with Gasteiger partial charge in [0.2, 0.25) is 0 Å². The lowest BCUT2D eigenvalue weighted by molar-refractivity contribution is 0.339. The number of halogens is 1. The summed E-state index contributed by atoms with van der Waals surface area (Å²) >= 11 is 5.96. The molecule has 3 rings (SSSR count). The minimum Gasteiger partial charge on any atom is -0.312 e. The maximum Gasteiger partial charge on any atom is 0.0409 e. The van der Waals surface area contributed by atoms with Gasteiger partial charge in [-0.15, -0.1) is 0 Å². The highest BCUT2D eigenvalue weighted by molar-refractivity contribution is 6.30. The van der Waals surface area contributed by atoms with Crippen molar-refractivity contribution in [1.29, 1.82) is 0 Å². The van der Waals surface area contributed by atoms with Crippen molar-refractivity contribution >= 4 is 11.6 Å². The number of piperidine rings is 1. The first kappa shape index (κ1) is 11.5. The summed E-state index contributed by atoms with van der Waals surface area (Å²) in [5.41, 5.74) is 1.28. The number of hydrogen-bond donors (Lipinski definition) is 1. The van der Waals surface area contributed by atoms with E-state index in [-0.39, 0.29) is 0 Å². The Hall–Kier alpha value is -0.570. The molecule has 1 heterocycles. The van der Waals surface area contributed by atoms with Crippen molar-refractivity contribution in [3.63, 3.8) is 0 Å². The second kappa shape index (κ2) is 4.60. The molecule has 0 spiro atoms. The molecule has 1 aromatic carbocycles. The van der Waals surface area contributed by atoms with Crippen LogP contribution in [0.15, 0.2) is 24.3 Å². The standard InChI is InChI=1S/C14H19ClN2/c1-17-8-13-12(14(13)9-17)7-16-6-10-3-2-4-11(15)5-10/h2-5,12-14,16H,6-9H2,1H3. The first-order valence-corrected chi connectivity index (χ1v) is 6.75. The van der Waals surface area contributed by atoms with Crippen molar-refractivity contribution in [2.75, 3.05) is 26.7 Å². The monoisotopic (exact) mass is 250 g/mol. The number of fused-ring (bicyclic) bond motifs is 1. The molecule has 92 valence electrons. The molecule has 1 N–H and O–H groups in total. The molecule has 0 bridgehead atoms. The smallest absolute Gasteiger partial charge is 0.0409 e. The lowest BCUT2D eigenvalue weighted by Crippen LogP contribution is -2.24. The van der Waals surface area contributed by atoms with E-state index >= 15 is 0 Å². The predicted octanol–water partition coefficient (Wildman–Crippen LogP) is 2.24. The summed E-state index contributed by atoms with van der Waals surface area (Å²) in [7, 11) is 2.22. The van der Waals surface area contributed by atoms with Gasteiger partial charge in [-0.1, -0.05) is 23.7 Å². The number of likely N-dealkylation sites (tertiary alicyclic amines) is 1. The second-order valence-corrected chi connectivity index (χ2v) is 5.91. The van der Waals surface area contributed by atoms with Crippen molar-refractivity contribution in [1.82, 2.24) is 10.2 Å². The summed E-state index contributed by atoms with van der Waals surface area (Å²) in [6, 6.07) is 8.10. The van der Waals surface area contributed by atoms with E-state index in [1.807, 2.05) is 18.2 Å². The summed E-state index contributed by atoms with van der Waals surface area (Å²) in [6.07, 6.45) is 0. The van der Waals surface area contributed by atoms with E-state index in [1.54, 1.807) is 0 Å². The number of hydrogen-bond acceptors (Lipinski definition) is 2. The molecule has 2 aliphatic rings. The third kappa shape index (κ3) is 2.49. The third-order valence-corrected chi connectivity index (χ3v) is 4.39. The molecule has 0 radical (unpaired) electrons. The van der Waals surface area contributed by atoms with Crippen LogP contribution in [0, 0.1) is 17.8 Å². The molecule has 1 aliphatic heterocycles. The molecule has 17 heavy (non-hydrogen) atoms. The van der Waals surface area contributed by atoms with Gasteiger partial charge >= 0.3 is 0 Å². The van der Waals surface area contributed by atoms with E-state index in [2.05, 4.69) is 23.3 Å². The van der Waals surface area contributed by atoms with Gasteiger partial charge in [-0.3, -0.25) is 0 Å². The molecule has 2 unspecified atom stereocenters. The van der Waals surface area contributed by atoms with Crippen LogP contribution in [0.3, 0.4) is 0 Å². The minimum absolute atomic E-state index is 0.828. The molecule has 3 heteroatoms. The Balaban J connectivity index is 1.42. The fraction of sp³-hybridized carbons (Fsp3) is 0.571. The first-order valence-electron chi connectivity index (χ1n) is 6.38. The van der Waals surface area contributed by atoms with E-state index < -0.39 is 0 Å². The zero-order chi connectivity index (χ0) is 11.8. The van der Waals surface area contributed by atoms with Crippen LogP contribution >= 0.6 is 11.6 Å². The molecule has 0 amide bonds. The average molecular weight is 251 g/mol. The van der Waals surface area contributed by atoms with E-state index in [0.29, 0.717) is 0 Å². The summed E-state index contributed by atoms with van der Waals surface area (Å²) < 4.78 is 0. The van der Waals surface area contributed by atoms with Gasteiger partial charge in [0.25, 0.3) is 0 Å². The van der Waals surface area contributed by atoms with E-state index in [1.165, 1.54) is 18.7 Å². The lowest BCUT2D eigenvalue weighted by Gasteiger charge is -2.13. The molecule has 2 nitrogen and oxygen atoms in total. The molecule has 2 fully saturated rings. The Bertz CT molecular complexity index is 395. The van der Waals surface area contributed by atoms with Gasteiger partial charge in [-0.2, -0.15) is 0 Å². The molecule has 1 saturated carbocycles. The summed E-state index contributed by atoms with van der Waals surface area (Å²) in [5, 5.41) is 4.39. The van der Waals surface area contributed by atoms with Crippen LogP contribution in [0.25, 0.3) is 0 Å². The third-order valence-electron chi connectivity index (χ3n) is 4.15. The van der Waals surface area contributed by atoms with Crippen LogP contribution in [0.4, 0.5) is 0 Å². The highest BCUT2D eigenvalue weighted by Gasteiger charge is 2.53. The zero-order valence-corrected chi connectivity index (χ0v) is 11.0. The zero-order valence-electron chi connectivity index (χ0n) is 10.2. The van der Waals surface area contributed by atoms with Gasteiger partial charge in [-0.25, -0.2) is 0 Å². The summed E-state index contributed by atoms with van der Waals surface area (Å²) in [6.45, 7) is 4.70. The fourth-order valence-electron chi connectivity index (χ4n) is 3.19. The van der Waals surface area contributed by atoms with Crippen molar-refractivity contribution in [2.24, 2.45) is 17.8 Å². The van der Waals surface area contributed by atoms with Crippen LogP contribution in [0.1, 0.15) is 5.56 Å². The first-order chi connectivity index (χ1) is 8.24. The predicted molar refractivity (Wildman–Crippen MR) is 71.1 cm³/mol. The largest absolute Gasteiger partial charge is 0.312 e. The highest BCUT2D eigenvalue weighted by atomic mass is 35.5. The lowest BCUT2D eigenvalue weighted by atomic mass is 10.2. The number of nitrogens with zero attached hydrogens (tertiary/aromatic N) is 1. The summed E-state index contributed by atoms with van der Waals surface area (Å²) in [5.74, 6) is 2.85. The van der Waals surface area contributed by atoms with Crippen molar-refractivity contribution in [2.45, 2.75) is 6.54 Å². The molecule has 1 saturated heterocycles. The normalized spacial score (nSPS) is 31.5. The molecule has 1 aliphatic carbocycles. The average Bonchev–Trinajstić information content (AvgIpc) is 2.76. The van der Waals surface area contributed by atoms with E-state index in [4.69, 9.17) is 11.6 Å². The highest BCUT2D eigenvalue weighted by Crippen LogP contribution is 2.50. The number of benzene rings is 1. The van der Waals surface area contributed by atoms with Crippen molar-refractivity contribution in [3.8, 4) is 0 Å². The van der Waals surface area contributed by atoms with Gasteiger partial charge in [0.15, 0.2) is 0 Å². The fourth-order valence-corrected chi connectivity index (χ4v) is 3.41. The number of nitrogens with one attached hydrogen (secondary N) is 1. The van der Waals surface area contributed by atoms with Crippen molar-refractivity contribution < 1.29 is 0 Å². The SMILES string of the molecule is CN1CC2C(CNCc3cccc(Cl)c3)C2C1. The van der Waals surface area contributed by atoms with E-state index in [9.17, 15) is 0 Å². The molecular weight excluding hydrogens is 232 g/mol. The maximum atomic E-state index is 5.96. The van der Waals surface area contributed by atoms with Gasteiger partial charge in [0.05, 0.1) is 0 Å². The van der Waals surface area contributed by atoms with Crippen LogP contribution in [0.5, 0.6) is 0 Å². The van der Waals surface area contributed by atoms with Gasteiger partial charge in [0, 0.05) is 24.7 Å². The van der Waals surface area contributed by atoms with Crippen LogP contribution in [-0.4, -0.2) is 31.6 Å². The molecule has 1 aromatic rings. The van der Waals surface area contributed by atoms with Gasteiger partial charge in [0.1, 0.15) is 0 Å². The molecule has 0 aromatic heterocycles. The molecule has 2 atom stereocenters. The maximum absolute atomic E-state index is 5.96. The van der Waals surface area contributed by atoms with Crippen molar-refractivity contribution in [3.05, 3.63) is 34.9 Å². The Morgan fingerprint density at radius 1 is 1.35 bits per heavy atom. The van der Waals surface area contributed by atoms with Crippen LogP contribution in [0.2, 0.25) is 5.02 Å². The van der Waals surface area contributed by atoms with Gasteiger partial charge in [-0.05, 0) is 49.0 Å². The molecular formula is C14H19ClN2. The van der Waals surface area contributed by atoms with Crippen LogP contribution in [-0.2, 0) is 6.54 Å².